The second-order valence-electron chi connectivity index (χ2n) is 3.03. The number of hydrogen-bond donors (Lipinski definition) is 1. The van der Waals surface area contributed by atoms with E-state index in [1.54, 1.807) is 17.5 Å². The first-order valence-corrected chi connectivity index (χ1v) is 5.19. The van der Waals surface area contributed by atoms with E-state index in [9.17, 15) is 5.11 Å². The van der Waals surface area contributed by atoms with E-state index in [0.29, 0.717) is 6.42 Å². The second-order valence-corrected chi connectivity index (χ2v) is 4.01. The average molecular weight is 185 g/mol. The molecular weight excluding hydrogens is 170 g/mol. The molecule has 1 aromatic rings. The van der Waals surface area contributed by atoms with Crippen LogP contribution in [0.5, 0.6) is 0 Å². The van der Waals surface area contributed by atoms with Crippen molar-refractivity contribution in [3.8, 4) is 0 Å². The molecule has 2 nitrogen and oxygen atoms in total. The third-order valence-electron chi connectivity index (χ3n) is 2.28. The van der Waals surface area contributed by atoms with Gasteiger partial charge < -0.3 is 5.11 Å². The fraction of sp³-hybridized carbons (Fsp3) is 0.667. The van der Waals surface area contributed by atoms with Gasteiger partial charge >= 0.3 is 0 Å². The van der Waals surface area contributed by atoms with Crippen LogP contribution in [-0.2, 0) is 6.42 Å². The Morgan fingerprint density at radius 3 is 2.58 bits per heavy atom. The molecule has 0 saturated heterocycles. The first-order valence-electron chi connectivity index (χ1n) is 4.31. The predicted molar refractivity (Wildman–Crippen MR) is 51.3 cm³/mol. The van der Waals surface area contributed by atoms with Gasteiger partial charge in [-0.2, -0.15) is 0 Å². The highest BCUT2D eigenvalue weighted by Crippen LogP contribution is 2.21. The molecule has 0 bridgehead atoms. The lowest BCUT2D eigenvalue weighted by atomic mass is 9.94. The summed E-state index contributed by atoms with van der Waals surface area (Å²) in [5.41, 5.74) is -0.544. The summed E-state index contributed by atoms with van der Waals surface area (Å²) in [5.74, 6) is 0. The van der Waals surface area contributed by atoms with Gasteiger partial charge in [-0.1, -0.05) is 13.8 Å². The SMILES string of the molecule is CCC(O)(CC)Cc1nccs1. The number of hydrogen-bond acceptors (Lipinski definition) is 3. The van der Waals surface area contributed by atoms with E-state index in [1.807, 2.05) is 19.2 Å². The normalized spacial score (nSPS) is 11.9. The van der Waals surface area contributed by atoms with Crippen molar-refractivity contribution in [1.29, 1.82) is 0 Å². The largest absolute Gasteiger partial charge is 0.389 e. The lowest BCUT2D eigenvalue weighted by molar-refractivity contribution is 0.0326. The Morgan fingerprint density at radius 1 is 1.50 bits per heavy atom. The van der Waals surface area contributed by atoms with Gasteiger partial charge in [0.05, 0.1) is 10.6 Å². The summed E-state index contributed by atoms with van der Waals surface area (Å²) < 4.78 is 0. The standard InChI is InChI=1S/C9H15NOS/c1-3-9(11,4-2)7-8-10-5-6-12-8/h5-6,11H,3-4,7H2,1-2H3. The lowest BCUT2D eigenvalue weighted by Crippen LogP contribution is -2.29. The minimum absolute atomic E-state index is 0.544. The Bertz CT molecular complexity index is 216. The molecule has 1 aromatic heterocycles. The quantitative estimate of drug-likeness (QED) is 0.780. The maximum absolute atomic E-state index is 9.97. The zero-order valence-electron chi connectivity index (χ0n) is 7.58. The number of nitrogens with zero attached hydrogens (tertiary/aromatic N) is 1. The molecule has 1 heterocycles. The van der Waals surface area contributed by atoms with Crippen LogP contribution in [0.4, 0.5) is 0 Å². The van der Waals surface area contributed by atoms with Gasteiger partial charge in [0.25, 0.3) is 0 Å². The van der Waals surface area contributed by atoms with E-state index in [1.165, 1.54) is 0 Å². The summed E-state index contributed by atoms with van der Waals surface area (Å²) in [6.45, 7) is 4.02. The second kappa shape index (κ2) is 4.01. The number of aliphatic hydroxyl groups is 1. The first kappa shape index (κ1) is 9.68. The topological polar surface area (TPSA) is 33.1 Å². The van der Waals surface area contributed by atoms with Crippen molar-refractivity contribution in [2.24, 2.45) is 0 Å². The minimum atomic E-state index is -0.544. The molecule has 1 rings (SSSR count). The summed E-state index contributed by atoms with van der Waals surface area (Å²) in [4.78, 5) is 4.16. The van der Waals surface area contributed by atoms with Crippen molar-refractivity contribution in [1.82, 2.24) is 4.98 Å². The van der Waals surface area contributed by atoms with Crippen molar-refractivity contribution in [3.05, 3.63) is 16.6 Å². The molecule has 0 amide bonds. The van der Waals surface area contributed by atoms with E-state index in [2.05, 4.69) is 4.98 Å². The van der Waals surface area contributed by atoms with Crippen molar-refractivity contribution < 1.29 is 5.11 Å². The Hall–Kier alpha value is -0.410. The van der Waals surface area contributed by atoms with Gasteiger partial charge in [0.15, 0.2) is 0 Å². The fourth-order valence-corrected chi connectivity index (χ4v) is 1.87. The van der Waals surface area contributed by atoms with Crippen LogP contribution < -0.4 is 0 Å². The molecule has 3 heteroatoms. The molecular formula is C9H15NOS. The summed E-state index contributed by atoms with van der Waals surface area (Å²) in [5, 5.41) is 12.9. The Morgan fingerprint density at radius 2 is 2.17 bits per heavy atom. The van der Waals surface area contributed by atoms with Crippen LogP contribution in [0.1, 0.15) is 31.7 Å². The third kappa shape index (κ3) is 2.29. The molecule has 68 valence electrons. The average Bonchev–Trinajstić information content (AvgIpc) is 2.57. The molecule has 0 atom stereocenters. The van der Waals surface area contributed by atoms with Gasteiger partial charge in [-0.15, -0.1) is 11.3 Å². The number of aromatic nitrogens is 1. The Balaban J connectivity index is 2.60. The molecule has 1 N–H and O–H groups in total. The van der Waals surface area contributed by atoms with Crippen molar-refractivity contribution >= 4 is 11.3 Å². The molecule has 0 saturated carbocycles. The zero-order chi connectivity index (χ0) is 9.03. The highest BCUT2D eigenvalue weighted by atomic mass is 32.1. The summed E-state index contributed by atoms with van der Waals surface area (Å²) in [6.07, 6.45) is 4.07. The smallest absolute Gasteiger partial charge is 0.0953 e. The van der Waals surface area contributed by atoms with Crippen LogP contribution in [0.25, 0.3) is 0 Å². The van der Waals surface area contributed by atoms with Gasteiger partial charge in [0.1, 0.15) is 0 Å². The maximum atomic E-state index is 9.97. The van der Waals surface area contributed by atoms with Crippen LogP contribution in [0.3, 0.4) is 0 Å². The molecule has 0 fully saturated rings. The van der Waals surface area contributed by atoms with E-state index in [0.717, 1.165) is 17.8 Å². The van der Waals surface area contributed by atoms with Gasteiger partial charge in [-0.3, -0.25) is 0 Å². The van der Waals surface area contributed by atoms with Crippen molar-refractivity contribution in [2.45, 2.75) is 38.7 Å². The summed E-state index contributed by atoms with van der Waals surface area (Å²) >= 11 is 1.61. The molecule has 0 spiro atoms. The predicted octanol–water partition coefficient (Wildman–Crippen LogP) is 2.24. The van der Waals surface area contributed by atoms with Crippen molar-refractivity contribution in [3.63, 3.8) is 0 Å². The van der Waals surface area contributed by atoms with Crippen LogP contribution in [-0.4, -0.2) is 15.7 Å². The van der Waals surface area contributed by atoms with Gasteiger partial charge in [-0.25, -0.2) is 4.98 Å². The fourth-order valence-electron chi connectivity index (χ4n) is 1.12. The highest BCUT2D eigenvalue weighted by Gasteiger charge is 2.23. The van der Waals surface area contributed by atoms with E-state index >= 15 is 0 Å². The van der Waals surface area contributed by atoms with Crippen LogP contribution in [0.2, 0.25) is 0 Å². The Labute approximate surface area is 77.3 Å². The minimum Gasteiger partial charge on any atom is -0.389 e. The first-order chi connectivity index (χ1) is 5.70. The number of thiazole rings is 1. The molecule has 0 aliphatic carbocycles. The number of rotatable bonds is 4. The van der Waals surface area contributed by atoms with E-state index < -0.39 is 5.60 Å². The summed E-state index contributed by atoms with van der Waals surface area (Å²) in [7, 11) is 0. The molecule has 0 unspecified atom stereocenters. The molecule has 0 aliphatic heterocycles. The molecule has 0 radical (unpaired) electrons. The van der Waals surface area contributed by atoms with Gasteiger partial charge in [-0.05, 0) is 12.8 Å². The molecule has 0 aliphatic rings. The molecule has 12 heavy (non-hydrogen) atoms. The van der Waals surface area contributed by atoms with Gasteiger partial charge in [0.2, 0.25) is 0 Å². The van der Waals surface area contributed by atoms with E-state index in [-0.39, 0.29) is 0 Å². The Kier molecular flexibility index (Phi) is 3.23. The van der Waals surface area contributed by atoms with Gasteiger partial charge in [0, 0.05) is 18.0 Å². The summed E-state index contributed by atoms with van der Waals surface area (Å²) in [6, 6.07) is 0. The maximum Gasteiger partial charge on any atom is 0.0953 e. The lowest BCUT2D eigenvalue weighted by Gasteiger charge is -2.23. The van der Waals surface area contributed by atoms with Crippen LogP contribution in [0, 0.1) is 0 Å². The monoisotopic (exact) mass is 185 g/mol. The third-order valence-corrected chi connectivity index (χ3v) is 3.06. The zero-order valence-corrected chi connectivity index (χ0v) is 8.40. The van der Waals surface area contributed by atoms with Crippen LogP contribution in [0.15, 0.2) is 11.6 Å². The van der Waals surface area contributed by atoms with Crippen molar-refractivity contribution in [2.75, 3.05) is 0 Å². The highest BCUT2D eigenvalue weighted by molar-refractivity contribution is 7.09. The molecule has 0 aromatic carbocycles. The van der Waals surface area contributed by atoms with Crippen LogP contribution >= 0.6 is 11.3 Å². The van der Waals surface area contributed by atoms with E-state index in [4.69, 9.17) is 0 Å².